The molecule has 0 aliphatic heterocycles. The van der Waals surface area contributed by atoms with Gasteiger partial charge in [-0.1, -0.05) is 5.16 Å². The van der Waals surface area contributed by atoms with Gasteiger partial charge in [-0.15, -0.1) is 0 Å². The first-order valence-electron chi connectivity index (χ1n) is 2.23. The van der Waals surface area contributed by atoms with Crippen LogP contribution in [0.3, 0.4) is 0 Å². The SMILES string of the molecule is O=C(O)/C=N\OCC(=O)O. The molecule has 6 nitrogen and oxygen atoms in total. The van der Waals surface area contributed by atoms with Crippen LogP contribution in [0.15, 0.2) is 5.16 Å². The van der Waals surface area contributed by atoms with E-state index in [0.29, 0.717) is 6.21 Å². The second-order valence-corrected chi connectivity index (χ2v) is 1.24. The summed E-state index contributed by atoms with van der Waals surface area (Å²) in [5, 5.41) is 18.6. The Labute approximate surface area is 55.7 Å². The van der Waals surface area contributed by atoms with Crippen molar-refractivity contribution in [3.63, 3.8) is 0 Å². The highest BCUT2D eigenvalue weighted by molar-refractivity contribution is 6.21. The number of rotatable bonds is 4. The summed E-state index contributed by atoms with van der Waals surface area (Å²) in [7, 11) is 0. The largest absolute Gasteiger partial charge is 0.479 e. The Balaban J connectivity index is 3.36. The molecule has 0 saturated carbocycles. The molecule has 0 atom stereocenters. The topological polar surface area (TPSA) is 96.2 Å². The summed E-state index contributed by atoms with van der Waals surface area (Å²) >= 11 is 0. The minimum Gasteiger partial charge on any atom is -0.479 e. The van der Waals surface area contributed by atoms with Gasteiger partial charge >= 0.3 is 11.9 Å². The lowest BCUT2D eigenvalue weighted by Crippen LogP contribution is -2.04. The monoisotopic (exact) mass is 147 g/mol. The number of carboxylic acid groups (broad SMARTS) is 2. The van der Waals surface area contributed by atoms with E-state index >= 15 is 0 Å². The molecule has 0 spiro atoms. The summed E-state index contributed by atoms with van der Waals surface area (Å²) < 4.78 is 0. The fourth-order valence-electron chi connectivity index (χ4n) is 0.175. The molecule has 0 aromatic carbocycles. The Hall–Kier alpha value is -1.59. The van der Waals surface area contributed by atoms with Crippen LogP contribution in [0.4, 0.5) is 0 Å². The van der Waals surface area contributed by atoms with Gasteiger partial charge in [0.2, 0.25) is 6.61 Å². The highest BCUT2D eigenvalue weighted by Gasteiger charge is 1.93. The van der Waals surface area contributed by atoms with Crippen LogP contribution in [0, 0.1) is 0 Å². The molecule has 0 rings (SSSR count). The molecule has 0 heterocycles. The van der Waals surface area contributed by atoms with Gasteiger partial charge in [-0.3, -0.25) is 0 Å². The van der Waals surface area contributed by atoms with Crippen LogP contribution in [0.2, 0.25) is 0 Å². The van der Waals surface area contributed by atoms with E-state index in [1.54, 1.807) is 0 Å². The zero-order valence-corrected chi connectivity index (χ0v) is 4.85. The molecule has 0 unspecified atom stereocenters. The van der Waals surface area contributed by atoms with E-state index in [9.17, 15) is 9.59 Å². The summed E-state index contributed by atoms with van der Waals surface area (Å²) in [6, 6.07) is 0. The van der Waals surface area contributed by atoms with Gasteiger partial charge in [0.1, 0.15) is 0 Å². The summed E-state index contributed by atoms with van der Waals surface area (Å²) in [6.45, 7) is -0.635. The van der Waals surface area contributed by atoms with Crippen molar-refractivity contribution in [2.24, 2.45) is 5.16 Å². The van der Waals surface area contributed by atoms with Gasteiger partial charge in [-0.2, -0.15) is 0 Å². The van der Waals surface area contributed by atoms with Gasteiger partial charge < -0.3 is 15.1 Å². The predicted molar refractivity (Wildman–Crippen MR) is 29.7 cm³/mol. The number of carboxylic acids is 2. The Morgan fingerprint density at radius 1 is 1.50 bits per heavy atom. The summed E-state index contributed by atoms with van der Waals surface area (Å²) in [5.74, 6) is -2.49. The lowest BCUT2D eigenvalue weighted by molar-refractivity contribution is -0.142. The molecule has 2 N–H and O–H groups in total. The van der Waals surface area contributed by atoms with Crippen molar-refractivity contribution in [3.05, 3.63) is 0 Å². The van der Waals surface area contributed by atoms with Crippen LogP contribution in [0.1, 0.15) is 0 Å². The third-order valence-electron chi connectivity index (χ3n) is 0.426. The molecule has 0 aromatic rings. The van der Waals surface area contributed by atoms with Gasteiger partial charge in [-0.25, -0.2) is 9.59 Å². The molecule has 0 aliphatic rings. The fraction of sp³-hybridized carbons (Fsp3) is 0.250. The van der Waals surface area contributed by atoms with Crippen molar-refractivity contribution in [2.45, 2.75) is 0 Å². The number of nitrogens with zero attached hydrogens (tertiary/aromatic N) is 1. The minimum absolute atomic E-state index is 0.461. The highest BCUT2D eigenvalue weighted by atomic mass is 16.6. The van der Waals surface area contributed by atoms with E-state index in [-0.39, 0.29) is 0 Å². The van der Waals surface area contributed by atoms with E-state index in [4.69, 9.17) is 10.2 Å². The van der Waals surface area contributed by atoms with E-state index < -0.39 is 18.5 Å². The van der Waals surface area contributed by atoms with Gasteiger partial charge in [0.15, 0.2) is 6.21 Å². The van der Waals surface area contributed by atoms with Crippen LogP contribution < -0.4 is 0 Å². The highest BCUT2D eigenvalue weighted by Crippen LogP contribution is 1.73. The van der Waals surface area contributed by atoms with Crippen molar-refractivity contribution < 1.29 is 24.6 Å². The molecule has 0 radical (unpaired) electrons. The number of oxime groups is 1. The third kappa shape index (κ3) is 6.41. The average molecular weight is 147 g/mol. The molecule has 10 heavy (non-hydrogen) atoms. The zero-order chi connectivity index (χ0) is 7.98. The van der Waals surface area contributed by atoms with Crippen molar-refractivity contribution in [1.29, 1.82) is 0 Å². The molecule has 0 fully saturated rings. The molecule has 0 aromatic heterocycles. The predicted octanol–water partition coefficient (Wildman–Crippen LogP) is -0.842. The first kappa shape index (κ1) is 8.41. The number of hydrogen-bond acceptors (Lipinski definition) is 4. The van der Waals surface area contributed by atoms with Crippen LogP contribution in [0.5, 0.6) is 0 Å². The van der Waals surface area contributed by atoms with Crippen molar-refractivity contribution in [2.75, 3.05) is 6.61 Å². The van der Waals surface area contributed by atoms with E-state index in [0.717, 1.165) is 0 Å². The second kappa shape index (κ2) is 4.30. The maximum Gasteiger partial charge on any atom is 0.350 e. The van der Waals surface area contributed by atoms with Gasteiger partial charge in [-0.05, 0) is 0 Å². The normalized spacial score (nSPS) is 9.60. The van der Waals surface area contributed by atoms with Crippen LogP contribution in [-0.2, 0) is 14.4 Å². The fourth-order valence-corrected chi connectivity index (χ4v) is 0.175. The summed E-state index contributed by atoms with van der Waals surface area (Å²) in [5.41, 5.74) is 0. The van der Waals surface area contributed by atoms with Crippen LogP contribution in [0.25, 0.3) is 0 Å². The molecule has 56 valence electrons. The number of hydrogen-bond donors (Lipinski definition) is 2. The van der Waals surface area contributed by atoms with Gasteiger partial charge in [0.25, 0.3) is 0 Å². The van der Waals surface area contributed by atoms with Crippen molar-refractivity contribution in [1.82, 2.24) is 0 Å². The molecule has 0 bridgehead atoms. The first-order valence-corrected chi connectivity index (χ1v) is 2.23. The third-order valence-corrected chi connectivity index (χ3v) is 0.426. The first-order chi connectivity index (χ1) is 4.63. The summed E-state index contributed by atoms with van der Waals surface area (Å²) in [6.07, 6.45) is 0.461. The van der Waals surface area contributed by atoms with Crippen LogP contribution in [-0.4, -0.2) is 35.0 Å². The van der Waals surface area contributed by atoms with Crippen molar-refractivity contribution in [3.8, 4) is 0 Å². The Bertz CT molecular complexity index is 163. The maximum absolute atomic E-state index is 9.70. The molecule has 0 saturated heterocycles. The van der Waals surface area contributed by atoms with E-state index in [1.807, 2.05) is 0 Å². The Morgan fingerprint density at radius 3 is 2.50 bits per heavy atom. The van der Waals surface area contributed by atoms with Gasteiger partial charge in [0, 0.05) is 0 Å². The van der Waals surface area contributed by atoms with Crippen LogP contribution >= 0.6 is 0 Å². The lowest BCUT2D eigenvalue weighted by Gasteiger charge is -1.89. The maximum atomic E-state index is 9.70. The minimum atomic E-state index is -1.29. The molecular weight excluding hydrogens is 142 g/mol. The zero-order valence-electron chi connectivity index (χ0n) is 4.85. The number of aliphatic carboxylic acids is 2. The lowest BCUT2D eigenvalue weighted by atomic mass is 10.8. The van der Waals surface area contributed by atoms with E-state index in [2.05, 4.69) is 9.99 Å². The standard InChI is InChI=1S/C4H5NO5/c6-3(7)1-5-10-2-4(8)9/h1H,2H2,(H,6,7)(H,8,9)/b5-1-. The molecular formula is C4H5NO5. The number of carbonyl (C=O) groups is 2. The second-order valence-electron chi connectivity index (χ2n) is 1.24. The molecule has 0 aliphatic carbocycles. The average Bonchev–Trinajstić information content (AvgIpc) is 1.79. The smallest absolute Gasteiger partial charge is 0.350 e. The molecule has 0 amide bonds. The molecule has 6 heteroatoms. The summed E-state index contributed by atoms with van der Waals surface area (Å²) in [4.78, 5) is 23.4. The van der Waals surface area contributed by atoms with Gasteiger partial charge in [0.05, 0.1) is 0 Å². The van der Waals surface area contributed by atoms with E-state index in [1.165, 1.54) is 0 Å². The van der Waals surface area contributed by atoms with Crippen molar-refractivity contribution >= 4 is 18.2 Å². The Kier molecular flexibility index (Phi) is 3.62. The Morgan fingerprint density at radius 2 is 2.10 bits per heavy atom. The quantitative estimate of drug-likeness (QED) is 0.399.